The zero-order valence-electron chi connectivity index (χ0n) is 16.5. The number of aromatic nitrogens is 5. The zero-order chi connectivity index (χ0) is 20.1. The lowest BCUT2D eigenvalue weighted by Gasteiger charge is -2.26. The first-order valence-electron chi connectivity index (χ1n) is 10.1. The number of fused-ring (bicyclic) bond motifs is 6. The lowest BCUT2D eigenvalue weighted by atomic mass is 10.1. The number of hydrogen-bond acceptors (Lipinski definition) is 8. The summed E-state index contributed by atoms with van der Waals surface area (Å²) in [6.45, 7) is 5.55. The Hall–Kier alpha value is -2.07. The third kappa shape index (κ3) is 3.20. The van der Waals surface area contributed by atoms with Crippen LogP contribution < -0.4 is 0 Å². The van der Waals surface area contributed by atoms with Crippen LogP contribution in [0.5, 0.6) is 0 Å². The van der Waals surface area contributed by atoms with Gasteiger partial charge in [0, 0.05) is 18.0 Å². The van der Waals surface area contributed by atoms with Crippen LogP contribution in [0.1, 0.15) is 29.6 Å². The fourth-order valence-corrected chi connectivity index (χ4v) is 7.24. The number of nitrogens with zero attached hydrogens (tertiary/aromatic N) is 6. The van der Waals surface area contributed by atoms with E-state index in [9.17, 15) is 0 Å². The van der Waals surface area contributed by atoms with Crippen molar-refractivity contribution < 1.29 is 0 Å². The van der Waals surface area contributed by atoms with Gasteiger partial charge in [-0.05, 0) is 37.1 Å². The van der Waals surface area contributed by atoms with E-state index in [2.05, 4.69) is 35.0 Å². The van der Waals surface area contributed by atoms with Gasteiger partial charge in [0.15, 0.2) is 15.8 Å². The summed E-state index contributed by atoms with van der Waals surface area (Å²) >= 11 is 5.24. The molecule has 152 valence electrons. The van der Waals surface area contributed by atoms with Gasteiger partial charge in [-0.1, -0.05) is 30.8 Å². The quantitative estimate of drug-likeness (QED) is 0.349. The van der Waals surface area contributed by atoms with Gasteiger partial charge in [0.2, 0.25) is 0 Å². The van der Waals surface area contributed by atoms with Gasteiger partial charge in [-0.2, -0.15) is 0 Å². The van der Waals surface area contributed by atoms with Crippen LogP contribution in [0.25, 0.3) is 26.1 Å². The normalized spacial score (nSPS) is 14.8. The minimum Gasteiger partial charge on any atom is -0.298 e. The second kappa shape index (κ2) is 7.56. The molecule has 1 aromatic carbocycles. The molecule has 0 saturated heterocycles. The fraction of sp³-hybridized carbons (Fsp3) is 0.333. The highest BCUT2D eigenvalue weighted by molar-refractivity contribution is 8.00. The minimum absolute atomic E-state index is 0.708. The SMILES string of the molecule is CCCN1CCc2c(sc3ncn4nc(CSc5nc6ccccc6s5)nc4c23)C1. The number of hydrogen-bond donors (Lipinski definition) is 0. The molecule has 5 heterocycles. The van der Waals surface area contributed by atoms with Gasteiger partial charge in [-0.25, -0.2) is 19.5 Å². The summed E-state index contributed by atoms with van der Waals surface area (Å²) in [6, 6.07) is 8.26. The van der Waals surface area contributed by atoms with Gasteiger partial charge in [0.25, 0.3) is 0 Å². The molecule has 6 nitrogen and oxygen atoms in total. The highest BCUT2D eigenvalue weighted by Gasteiger charge is 2.24. The highest BCUT2D eigenvalue weighted by Crippen LogP contribution is 2.36. The minimum atomic E-state index is 0.708. The van der Waals surface area contributed by atoms with Crippen LogP contribution >= 0.6 is 34.4 Å². The Morgan fingerprint density at radius 1 is 1.17 bits per heavy atom. The van der Waals surface area contributed by atoms with Crippen molar-refractivity contribution in [3.8, 4) is 0 Å². The third-order valence-electron chi connectivity index (χ3n) is 5.44. The molecule has 30 heavy (non-hydrogen) atoms. The molecule has 0 saturated carbocycles. The monoisotopic (exact) mass is 452 g/mol. The lowest BCUT2D eigenvalue weighted by molar-refractivity contribution is 0.258. The van der Waals surface area contributed by atoms with E-state index in [1.54, 1.807) is 23.1 Å². The van der Waals surface area contributed by atoms with E-state index in [0.29, 0.717) is 5.75 Å². The van der Waals surface area contributed by atoms with Gasteiger partial charge >= 0.3 is 0 Å². The van der Waals surface area contributed by atoms with Crippen LogP contribution in [-0.2, 0) is 18.7 Å². The maximum atomic E-state index is 4.91. The fourth-order valence-electron chi connectivity index (χ4n) is 4.10. The molecule has 6 rings (SSSR count). The molecule has 9 heteroatoms. The number of benzene rings is 1. The van der Waals surface area contributed by atoms with Crippen molar-refractivity contribution in [3.05, 3.63) is 46.9 Å². The van der Waals surface area contributed by atoms with Crippen molar-refractivity contribution in [3.63, 3.8) is 0 Å². The maximum Gasteiger partial charge on any atom is 0.167 e. The summed E-state index contributed by atoms with van der Waals surface area (Å²) in [5.74, 6) is 1.54. The van der Waals surface area contributed by atoms with Crippen LogP contribution in [0.4, 0.5) is 0 Å². The Labute approximate surface area is 186 Å². The number of thioether (sulfide) groups is 1. The lowest BCUT2D eigenvalue weighted by Crippen LogP contribution is -2.30. The number of para-hydroxylation sites is 1. The van der Waals surface area contributed by atoms with Crippen LogP contribution in [-0.4, -0.2) is 42.6 Å². The summed E-state index contributed by atoms with van der Waals surface area (Å²) in [7, 11) is 0. The first-order valence-corrected chi connectivity index (χ1v) is 12.8. The summed E-state index contributed by atoms with van der Waals surface area (Å²) in [5, 5.41) is 5.90. The van der Waals surface area contributed by atoms with Crippen LogP contribution in [0.15, 0.2) is 34.9 Å². The topological polar surface area (TPSA) is 59.2 Å². The summed E-state index contributed by atoms with van der Waals surface area (Å²) in [5.41, 5.74) is 3.43. The molecular weight excluding hydrogens is 432 g/mol. The molecule has 5 aromatic rings. The molecule has 0 aliphatic carbocycles. The smallest absolute Gasteiger partial charge is 0.167 e. The largest absolute Gasteiger partial charge is 0.298 e. The van der Waals surface area contributed by atoms with Crippen molar-refractivity contribution in [2.75, 3.05) is 13.1 Å². The molecule has 0 radical (unpaired) electrons. The van der Waals surface area contributed by atoms with E-state index >= 15 is 0 Å². The Balaban J connectivity index is 1.31. The Kier molecular flexibility index (Phi) is 4.71. The molecule has 0 fully saturated rings. The molecular formula is C21H20N6S3. The van der Waals surface area contributed by atoms with Crippen LogP contribution in [0.3, 0.4) is 0 Å². The average molecular weight is 453 g/mol. The van der Waals surface area contributed by atoms with Gasteiger partial charge < -0.3 is 0 Å². The van der Waals surface area contributed by atoms with Crippen molar-refractivity contribution in [1.82, 2.24) is 29.5 Å². The Bertz CT molecular complexity index is 1330. The first-order chi connectivity index (χ1) is 14.8. The van der Waals surface area contributed by atoms with Gasteiger partial charge in [0.05, 0.1) is 21.4 Å². The Morgan fingerprint density at radius 2 is 2.10 bits per heavy atom. The van der Waals surface area contributed by atoms with Crippen molar-refractivity contribution in [2.45, 2.75) is 36.4 Å². The van der Waals surface area contributed by atoms with Gasteiger partial charge in [-0.15, -0.1) is 27.8 Å². The van der Waals surface area contributed by atoms with E-state index in [-0.39, 0.29) is 0 Å². The zero-order valence-corrected chi connectivity index (χ0v) is 19.0. The van der Waals surface area contributed by atoms with Crippen molar-refractivity contribution in [1.29, 1.82) is 0 Å². The first kappa shape index (κ1) is 18.7. The van der Waals surface area contributed by atoms with Crippen LogP contribution in [0.2, 0.25) is 0 Å². The average Bonchev–Trinajstić information content (AvgIpc) is 3.45. The summed E-state index contributed by atoms with van der Waals surface area (Å²) in [6.07, 6.45) is 4.07. The van der Waals surface area contributed by atoms with E-state index in [1.807, 2.05) is 28.2 Å². The Morgan fingerprint density at radius 3 is 3.00 bits per heavy atom. The van der Waals surface area contributed by atoms with Gasteiger partial charge in [-0.3, -0.25) is 4.90 Å². The molecule has 0 atom stereocenters. The van der Waals surface area contributed by atoms with E-state index in [0.717, 1.165) is 52.2 Å². The molecule has 0 bridgehead atoms. The molecule has 0 unspecified atom stereocenters. The number of thiazole rings is 1. The molecule has 1 aliphatic heterocycles. The second-order valence-electron chi connectivity index (χ2n) is 7.49. The maximum absolute atomic E-state index is 4.91. The van der Waals surface area contributed by atoms with Crippen molar-refractivity contribution in [2.24, 2.45) is 0 Å². The summed E-state index contributed by atoms with van der Waals surface area (Å²) < 4.78 is 4.13. The van der Waals surface area contributed by atoms with E-state index in [4.69, 9.17) is 15.1 Å². The number of rotatable bonds is 5. The van der Waals surface area contributed by atoms with Gasteiger partial charge in [0.1, 0.15) is 11.2 Å². The molecule has 0 N–H and O–H groups in total. The predicted octanol–water partition coefficient (Wildman–Crippen LogP) is 5.01. The van der Waals surface area contributed by atoms with Crippen molar-refractivity contribution >= 4 is 60.5 Å². The summed E-state index contributed by atoms with van der Waals surface area (Å²) in [4.78, 5) is 19.4. The molecule has 4 aromatic heterocycles. The molecule has 0 spiro atoms. The molecule has 0 amide bonds. The van der Waals surface area contributed by atoms with E-state index < -0.39 is 0 Å². The number of thiophene rings is 1. The highest BCUT2D eigenvalue weighted by atomic mass is 32.2. The standard InChI is InChI=1S/C21H20N6S3/c1-2-8-26-9-7-13-16(10-26)29-20-18(13)19-24-17(25-27(19)12-22-20)11-28-21-23-14-5-3-4-6-15(14)30-21/h3-6,12H,2,7-11H2,1H3. The third-order valence-corrected chi connectivity index (χ3v) is 8.74. The van der Waals surface area contributed by atoms with E-state index in [1.165, 1.54) is 26.9 Å². The second-order valence-corrected chi connectivity index (χ2v) is 10.8. The predicted molar refractivity (Wildman–Crippen MR) is 125 cm³/mol. The molecule has 1 aliphatic rings. The van der Waals surface area contributed by atoms with Crippen LogP contribution in [0, 0.1) is 0 Å².